The highest BCUT2D eigenvalue weighted by Crippen LogP contribution is 2.30. The van der Waals surface area contributed by atoms with Crippen molar-refractivity contribution in [2.45, 2.75) is 6.92 Å². The van der Waals surface area contributed by atoms with E-state index >= 15 is 0 Å². The molecule has 2 heterocycles. The van der Waals surface area contributed by atoms with Crippen molar-refractivity contribution in [3.05, 3.63) is 42.1 Å². The Kier molecular flexibility index (Phi) is 2.56. The first-order chi connectivity index (χ1) is 9.15. The molecule has 1 N–H and O–H groups in total. The molecule has 3 rings (SSSR count). The van der Waals surface area contributed by atoms with Gasteiger partial charge in [0, 0.05) is 0 Å². The molecular formula is C13H9FN2O3. The van der Waals surface area contributed by atoms with Crippen molar-refractivity contribution < 1.29 is 18.4 Å². The number of benzene rings is 1. The summed E-state index contributed by atoms with van der Waals surface area (Å²) in [5, 5.41) is 13.5. The Balaban J connectivity index is 2.06. The fraction of sp³-hybridized carbons (Fsp3) is 0.0769. The van der Waals surface area contributed by atoms with Crippen LogP contribution < -0.4 is 0 Å². The van der Waals surface area contributed by atoms with Crippen LogP contribution in [0.3, 0.4) is 0 Å². The van der Waals surface area contributed by atoms with Gasteiger partial charge in [-0.25, -0.2) is 4.39 Å². The zero-order chi connectivity index (χ0) is 13.4. The van der Waals surface area contributed by atoms with E-state index in [0.717, 1.165) is 12.1 Å². The fourth-order valence-electron chi connectivity index (χ4n) is 1.74. The third-order valence-electron chi connectivity index (χ3n) is 2.71. The number of rotatable bonds is 2. The van der Waals surface area contributed by atoms with Gasteiger partial charge in [0.2, 0.25) is 5.82 Å². The van der Waals surface area contributed by atoms with Crippen molar-refractivity contribution in [3.63, 3.8) is 0 Å². The van der Waals surface area contributed by atoms with Gasteiger partial charge in [0.05, 0.1) is 17.4 Å². The van der Waals surface area contributed by atoms with Crippen molar-refractivity contribution in [2.75, 3.05) is 0 Å². The summed E-state index contributed by atoms with van der Waals surface area (Å²) in [7, 11) is 0. The minimum Gasteiger partial charge on any atom is -0.507 e. The molecule has 3 aromatic rings. The van der Waals surface area contributed by atoms with Gasteiger partial charge in [-0.1, -0.05) is 5.16 Å². The highest BCUT2D eigenvalue weighted by Gasteiger charge is 2.16. The van der Waals surface area contributed by atoms with Crippen LogP contribution in [0.2, 0.25) is 0 Å². The molecule has 0 aliphatic carbocycles. The summed E-state index contributed by atoms with van der Waals surface area (Å²) < 4.78 is 23.3. The van der Waals surface area contributed by atoms with E-state index in [1.54, 1.807) is 13.0 Å². The first-order valence-corrected chi connectivity index (χ1v) is 5.52. The minimum absolute atomic E-state index is 0.0487. The molecular weight excluding hydrogens is 251 g/mol. The van der Waals surface area contributed by atoms with E-state index in [2.05, 4.69) is 10.1 Å². The Bertz CT molecular complexity index is 733. The van der Waals surface area contributed by atoms with E-state index in [4.69, 9.17) is 8.94 Å². The van der Waals surface area contributed by atoms with Crippen LogP contribution in [0.25, 0.3) is 22.8 Å². The molecule has 0 radical (unpaired) electrons. The number of hydrogen-bond acceptors (Lipinski definition) is 5. The van der Waals surface area contributed by atoms with Crippen LogP contribution in [0.15, 0.2) is 39.5 Å². The summed E-state index contributed by atoms with van der Waals surface area (Å²) in [6, 6.07) is 5.22. The number of nitrogens with zero attached hydrogens (tertiary/aromatic N) is 2. The molecule has 0 fully saturated rings. The highest BCUT2D eigenvalue weighted by atomic mass is 19.1. The van der Waals surface area contributed by atoms with Crippen LogP contribution in [0.4, 0.5) is 4.39 Å². The maximum atomic E-state index is 13.2. The Morgan fingerprint density at radius 2 is 2.05 bits per heavy atom. The Hall–Kier alpha value is -2.63. The maximum Gasteiger partial charge on any atom is 0.262 e. The van der Waals surface area contributed by atoms with Gasteiger partial charge in [0.25, 0.3) is 5.89 Å². The second-order valence-corrected chi connectivity index (χ2v) is 3.98. The van der Waals surface area contributed by atoms with Gasteiger partial charge >= 0.3 is 0 Å². The summed E-state index contributed by atoms with van der Waals surface area (Å²) >= 11 is 0. The zero-order valence-corrected chi connectivity index (χ0v) is 9.92. The molecule has 0 aliphatic rings. The fourth-order valence-corrected chi connectivity index (χ4v) is 1.74. The zero-order valence-electron chi connectivity index (χ0n) is 9.92. The van der Waals surface area contributed by atoms with E-state index in [1.807, 2.05) is 0 Å². The van der Waals surface area contributed by atoms with E-state index in [0.29, 0.717) is 17.1 Å². The molecule has 0 saturated heterocycles. The van der Waals surface area contributed by atoms with Crippen LogP contribution in [-0.2, 0) is 0 Å². The van der Waals surface area contributed by atoms with Crippen LogP contribution >= 0.6 is 0 Å². The molecule has 1 aromatic carbocycles. The molecule has 19 heavy (non-hydrogen) atoms. The second kappa shape index (κ2) is 4.24. The molecule has 2 aromatic heterocycles. The SMILES string of the molecule is Cc1occc1-c1noc(-c2cc(F)ccc2O)n1. The quantitative estimate of drug-likeness (QED) is 0.766. The highest BCUT2D eigenvalue weighted by molar-refractivity contribution is 5.65. The predicted octanol–water partition coefficient (Wildman–Crippen LogP) is 3.15. The lowest BCUT2D eigenvalue weighted by Gasteiger charge is -1.98. The summed E-state index contributed by atoms with van der Waals surface area (Å²) in [5.41, 5.74) is 0.839. The Morgan fingerprint density at radius 3 is 2.79 bits per heavy atom. The van der Waals surface area contributed by atoms with Gasteiger partial charge in [-0.05, 0) is 31.2 Å². The standard InChI is InChI=1S/C13H9FN2O3/c1-7-9(4-5-18-7)12-15-13(19-16-12)10-6-8(14)2-3-11(10)17/h2-6,17H,1H3. The molecule has 0 saturated carbocycles. The van der Waals surface area contributed by atoms with Crippen molar-refractivity contribution in [1.82, 2.24) is 10.1 Å². The van der Waals surface area contributed by atoms with Gasteiger partial charge in [-0.15, -0.1) is 0 Å². The van der Waals surface area contributed by atoms with Crippen LogP contribution in [0.5, 0.6) is 5.75 Å². The van der Waals surface area contributed by atoms with Gasteiger partial charge in [-0.3, -0.25) is 0 Å². The predicted molar refractivity (Wildman–Crippen MR) is 63.8 cm³/mol. The number of aryl methyl sites for hydroxylation is 1. The molecule has 0 aliphatic heterocycles. The lowest BCUT2D eigenvalue weighted by atomic mass is 10.2. The third kappa shape index (κ3) is 1.97. The summed E-state index contributed by atoms with van der Waals surface area (Å²) in [5.74, 6) is 0.404. The molecule has 0 unspecified atom stereocenters. The Morgan fingerprint density at radius 1 is 1.21 bits per heavy atom. The van der Waals surface area contributed by atoms with Gasteiger partial charge in [0.15, 0.2) is 0 Å². The minimum atomic E-state index is -0.493. The summed E-state index contributed by atoms with van der Waals surface area (Å²) in [4.78, 5) is 4.12. The molecule has 0 spiro atoms. The van der Waals surface area contributed by atoms with Crippen LogP contribution in [0, 0.1) is 12.7 Å². The lowest BCUT2D eigenvalue weighted by molar-refractivity contribution is 0.424. The molecule has 0 amide bonds. The van der Waals surface area contributed by atoms with Gasteiger partial charge < -0.3 is 14.0 Å². The smallest absolute Gasteiger partial charge is 0.262 e. The van der Waals surface area contributed by atoms with E-state index in [-0.39, 0.29) is 17.2 Å². The third-order valence-corrected chi connectivity index (χ3v) is 2.71. The second-order valence-electron chi connectivity index (χ2n) is 3.98. The number of halogens is 1. The average molecular weight is 260 g/mol. The number of phenols is 1. The Labute approximate surface area is 107 Å². The molecule has 96 valence electrons. The van der Waals surface area contributed by atoms with Gasteiger partial charge in [0.1, 0.15) is 17.3 Å². The largest absolute Gasteiger partial charge is 0.507 e. The summed E-state index contributed by atoms with van der Waals surface area (Å²) in [6.45, 7) is 1.77. The normalized spacial score (nSPS) is 10.8. The first kappa shape index (κ1) is 11.5. The number of furan rings is 1. The maximum absolute atomic E-state index is 13.2. The van der Waals surface area contributed by atoms with Gasteiger partial charge in [-0.2, -0.15) is 4.98 Å². The molecule has 0 bridgehead atoms. The van der Waals surface area contributed by atoms with Crippen LogP contribution in [0.1, 0.15) is 5.76 Å². The lowest BCUT2D eigenvalue weighted by Crippen LogP contribution is -1.83. The molecule has 0 atom stereocenters. The number of hydrogen-bond donors (Lipinski definition) is 1. The number of aromatic nitrogens is 2. The monoisotopic (exact) mass is 260 g/mol. The first-order valence-electron chi connectivity index (χ1n) is 5.52. The summed E-state index contributed by atoms with van der Waals surface area (Å²) in [6.07, 6.45) is 1.51. The van der Waals surface area contributed by atoms with E-state index in [9.17, 15) is 9.50 Å². The molecule has 5 nitrogen and oxygen atoms in total. The van der Waals surface area contributed by atoms with Crippen molar-refractivity contribution >= 4 is 0 Å². The van der Waals surface area contributed by atoms with Crippen LogP contribution in [-0.4, -0.2) is 15.2 Å². The topological polar surface area (TPSA) is 72.3 Å². The van der Waals surface area contributed by atoms with E-state index in [1.165, 1.54) is 12.3 Å². The average Bonchev–Trinajstić information content (AvgIpc) is 3.00. The number of aromatic hydroxyl groups is 1. The number of phenolic OH excluding ortho intramolecular Hbond substituents is 1. The molecule has 6 heteroatoms. The van der Waals surface area contributed by atoms with Crippen molar-refractivity contribution in [1.29, 1.82) is 0 Å². The van der Waals surface area contributed by atoms with Crippen molar-refractivity contribution in [3.8, 4) is 28.6 Å². The van der Waals surface area contributed by atoms with E-state index < -0.39 is 5.82 Å². The van der Waals surface area contributed by atoms with Crippen molar-refractivity contribution in [2.24, 2.45) is 0 Å².